The molecule has 0 unspecified atom stereocenters. The Balaban J connectivity index is 2.43. The van der Waals surface area contributed by atoms with Gasteiger partial charge in [-0.3, -0.25) is 14.3 Å². The zero-order valence-electron chi connectivity index (χ0n) is 10.6. The van der Waals surface area contributed by atoms with E-state index >= 15 is 0 Å². The van der Waals surface area contributed by atoms with Crippen molar-refractivity contribution in [2.45, 2.75) is 6.54 Å². The van der Waals surface area contributed by atoms with Gasteiger partial charge in [0.15, 0.2) is 0 Å². The van der Waals surface area contributed by atoms with Crippen LogP contribution >= 0.6 is 15.9 Å². The van der Waals surface area contributed by atoms with E-state index in [0.29, 0.717) is 6.54 Å². The molecule has 0 bridgehead atoms. The third kappa shape index (κ3) is 2.78. The summed E-state index contributed by atoms with van der Waals surface area (Å²) in [5, 5.41) is 0. The van der Waals surface area contributed by atoms with Gasteiger partial charge in [-0.05, 0) is 33.6 Å². The molecule has 0 N–H and O–H groups in total. The van der Waals surface area contributed by atoms with Gasteiger partial charge in [-0.15, -0.1) is 0 Å². The van der Waals surface area contributed by atoms with E-state index in [1.54, 1.807) is 14.2 Å². The van der Waals surface area contributed by atoms with E-state index in [0.717, 1.165) is 11.3 Å². The molecule has 0 aliphatic heterocycles. The van der Waals surface area contributed by atoms with Gasteiger partial charge in [0, 0.05) is 13.1 Å². The number of ether oxygens (including phenoxy) is 1. The zero-order chi connectivity index (χ0) is 14.0. The highest BCUT2D eigenvalue weighted by Gasteiger charge is 2.07. The molecule has 0 saturated heterocycles. The molecule has 1 aromatic heterocycles. The summed E-state index contributed by atoms with van der Waals surface area (Å²) in [7, 11) is 3.16. The van der Waals surface area contributed by atoms with Crippen molar-refractivity contribution >= 4 is 15.9 Å². The summed E-state index contributed by atoms with van der Waals surface area (Å²) in [5.74, 6) is 0.749. The van der Waals surface area contributed by atoms with E-state index < -0.39 is 0 Å². The summed E-state index contributed by atoms with van der Waals surface area (Å²) in [6.07, 6.45) is 0. The highest BCUT2D eigenvalue weighted by atomic mass is 79.9. The minimum atomic E-state index is -0.238. The second-order valence-corrected chi connectivity index (χ2v) is 4.92. The monoisotopic (exact) mass is 324 g/mol. The smallest absolute Gasteiger partial charge is 0.280 e. The van der Waals surface area contributed by atoms with Crippen molar-refractivity contribution in [1.29, 1.82) is 0 Å². The average Bonchev–Trinajstić information content (AvgIpc) is 2.42. The van der Waals surface area contributed by atoms with E-state index in [9.17, 15) is 9.59 Å². The molecule has 0 radical (unpaired) electrons. The number of rotatable bonds is 3. The van der Waals surface area contributed by atoms with Gasteiger partial charge < -0.3 is 4.74 Å². The zero-order valence-corrected chi connectivity index (χ0v) is 12.2. The Morgan fingerprint density at radius 1 is 1.21 bits per heavy atom. The van der Waals surface area contributed by atoms with E-state index in [4.69, 9.17) is 4.74 Å². The van der Waals surface area contributed by atoms with Crippen LogP contribution in [-0.2, 0) is 13.6 Å². The van der Waals surface area contributed by atoms with Gasteiger partial charge in [-0.25, -0.2) is 4.68 Å². The fourth-order valence-electron chi connectivity index (χ4n) is 1.72. The standard InChI is InChI=1S/C13H13BrN2O3/c1-15-12(17)7-11(14)13(18)16(15)8-9-3-5-10(19-2)6-4-9/h3-7H,8H2,1-2H3. The highest BCUT2D eigenvalue weighted by molar-refractivity contribution is 9.10. The lowest BCUT2D eigenvalue weighted by molar-refractivity contribution is 0.414. The van der Waals surface area contributed by atoms with Crippen molar-refractivity contribution in [2.75, 3.05) is 7.11 Å². The third-order valence-electron chi connectivity index (χ3n) is 2.86. The van der Waals surface area contributed by atoms with E-state index in [2.05, 4.69) is 15.9 Å². The molecule has 0 spiro atoms. The molecule has 100 valence electrons. The van der Waals surface area contributed by atoms with Crippen molar-refractivity contribution in [3.63, 3.8) is 0 Å². The molecule has 1 aromatic carbocycles. The molecule has 0 saturated carbocycles. The van der Waals surface area contributed by atoms with Gasteiger partial charge in [-0.1, -0.05) is 12.1 Å². The number of halogens is 1. The maximum atomic E-state index is 12.0. The highest BCUT2D eigenvalue weighted by Crippen LogP contribution is 2.11. The molecule has 0 aliphatic carbocycles. The van der Waals surface area contributed by atoms with Crippen molar-refractivity contribution in [3.8, 4) is 5.75 Å². The fourth-order valence-corrected chi connectivity index (χ4v) is 2.12. The summed E-state index contributed by atoms with van der Waals surface area (Å²) in [5.41, 5.74) is 0.439. The lowest BCUT2D eigenvalue weighted by atomic mass is 10.2. The van der Waals surface area contributed by atoms with Crippen molar-refractivity contribution in [1.82, 2.24) is 9.36 Å². The number of hydrogen-bond donors (Lipinski definition) is 0. The second-order valence-electron chi connectivity index (χ2n) is 4.06. The molecular formula is C13H13BrN2O3. The predicted molar refractivity (Wildman–Crippen MR) is 75.7 cm³/mol. The van der Waals surface area contributed by atoms with E-state index in [1.165, 1.54) is 15.4 Å². The van der Waals surface area contributed by atoms with Crippen LogP contribution in [0.2, 0.25) is 0 Å². The van der Waals surface area contributed by atoms with Crippen molar-refractivity contribution in [3.05, 3.63) is 61.1 Å². The third-order valence-corrected chi connectivity index (χ3v) is 3.43. The van der Waals surface area contributed by atoms with Crippen LogP contribution < -0.4 is 15.9 Å². The molecule has 2 rings (SSSR count). The number of methoxy groups -OCH3 is 1. The van der Waals surface area contributed by atoms with Gasteiger partial charge in [0.25, 0.3) is 11.1 Å². The summed E-state index contributed by atoms with van der Waals surface area (Å²) in [4.78, 5) is 23.7. The van der Waals surface area contributed by atoms with Crippen LogP contribution in [0.1, 0.15) is 5.56 Å². The molecular weight excluding hydrogens is 312 g/mol. The number of aromatic nitrogens is 2. The van der Waals surface area contributed by atoms with Crippen molar-refractivity contribution < 1.29 is 4.74 Å². The van der Waals surface area contributed by atoms with Gasteiger partial charge in [0.2, 0.25) is 0 Å². The predicted octanol–water partition coefficient (Wildman–Crippen LogP) is 1.37. The summed E-state index contributed by atoms with van der Waals surface area (Å²) in [6.45, 7) is 0.327. The van der Waals surface area contributed by atoms with Crippen LogP contribution in [0.4, 0.5) is 0 Å². The SMILES string of the molecule is COc1ccc(Cn2c(=O)c(Br)cc(=O)n2C)cc1. The molecule has 0 amide bonds. The summed E-state index contributed by atoms with van der Waals surface area (Å²) in [6, 6.07) is 8.62. The van der Waals surface area contributed by atoms with E-state index in [-0.39, 0.29) is 15.6 Å². The summed E-state index contributed by atoms with van der Waals surface area (Å²) >= 11 is 3.10. The molecule has 2 aromatic rings. The first-order valence-corrected chi connectivity index (χ1v) is 6.42. The maximum absolute atomic E-state index is 12.0. The second kappa shape index (κ2) is 5.44. The minimum absolute atomic E-state index is 0.236. The average molecular weight is 325 g/mol. The van der Waals surface area contributed by atoms with Gasteiger partial charge in [0.1, 0.15) is 5.75 Å². The van der Waals surface area contributed by atoms with Crippen LogP contribution in [0, 0.1) is 0 Å². The molecule has 5 nitrogen and oxygen atoms in total. The number of hydrogen-bond acceptors (Lipinski definition) is 3. The van der Waals surface area contributed by atoms with Crippen LogP contribution in [0.5, 0.6) is 5.75 Å². The lowest BCUT2D eigenvalue weighted by Crippen LogP contribution is -2.37. The fraction of sp³-hybridized carbons (Fsp3) is 0.231. The molecule has 0 atom stereocenters. The van der Waals surface area contributed by atoms with Crippen molar-refractivity contribution in [2.24, 2.45) is 7.05 Å². The van der Waals surface area contributed by atoms with Gasteiger partial charge in [-0.2, -0.15) is 0 Å². The first-order chi connectivity index (χ1) is 9.02. The Morgan fingerprint density at radius 2 is 1.84 bits per heavy atom. The Labute approximate surface area is 118 Å². The normalized spacial score (nSPS) is 10.5. The Bertz CT molecular complexity index is 701. The Kier molecular flexibility index (Phi) is 3.90. The Morgan fingerprint density at radius 3 is 2.42 bits per heavy atom. The van der Waals surface area contributed by atoms with Crippen LogP contribution in [0.25, 0.3) is 0 Å². The molecule has 6 heteroatoms. The van der Waals surface area contributed by atoms with Crippen LogP contribution in [0.3, 0.4) is 0 Å². The maximum Gasteiger partial charge on any atom is 0.280 e. The molecule has 1 heterocycles. The van der Waals surface area contributed by atoms with Crippen LogP contribution in [0.15, 0.2) is 44.4 Å². The Hall–Kier alpha value is -1.82. The minimum Gasteiger partial charge on any atom is -0.497 e. The molecule has 0 fully saturated rings. The first kappa shape index (κ1) is 13.6. The van der Waals surface area contributed by atoms with E-state index in [1.807, 2.05) is 24.3 Å². The quantitative estimate of drug-likeness (QED) is 0.856. The lowest BCUT2D eigenvalue weighted by Gasteiger charge is -2.12. The topological polar surface area (TPSA) is 53.2 Å². The first-order valence-electron chi connectivity index (χ1n) is 5.62. The molecule has 19 heavy (non-hydrogen) atoms. The van der Waals surface area contributed by atoms with Gasteiger partial charge >= 0.3 is 0 Å². The van der Waals surface area contributed by atoms with Gasteiger partial charge in [0.05, 0.1) is 18.1 Å². The molecule has 0 aliphatic rings. The largest absolute Gasteiger partial charge is 0.497 e. The van der Waals surface area contributed by atoms with Crippen LogP contribution in [-0.4, -0.2) is 16.5 Å². The number of nitrogens with zero attached hydrogens (tertiary/aromatic N) is 2. The summed E-state index contributed by atoms with van der Waals surface area (Å²) < 4.78 is 8.03. The number of benzene rings is 1.